The molecule has 1 heterocycles. The number of anilines is 2. The van der Waals surface area contributed by atoms with Crippen molar-refractivity contribution >= 4 is 11.9 Å². The smallest absolute Gasteiger partial charge is 0.328 e. The first-order valence-electron chi connectivity index (χ1n) is 10.3. The normalized spacial score (nSPS) is 10.7. The zero-order chi connectivity index (χ0) is 22.4. The van der Waals surface area contributed by atoms with Crippen LogP contribution in [0.15, 0.2) is 54.6 Å². The minimum Gasteiger partial charge on any atom is -0.424 e. The SMILES string of the molecule is NCCOCCOCCNc1nc(NCc2ccc(F)cc2)nc(Oc2ccccc2)n1. The maximum absolute atomic E-state index is 13.1. The average Bonchev–Trinajstić information content (AvgIpc) is 2.81. The topological polar surface area (TPSA) is 116 Å². The van der Waals surface area contributed by atoms with E-state index in [1.807, 2.05) is 30.3 Å². The molecule has 0 fully saturated rings. The van der Waals surface area contributed by atoms with Crippen molar-refractivity contribution in [2.45, 2.75) is 6.54 Å². The van der Waals surface area contributed by atoms with E-state index in [1.165, 1.54) is 12.1 Å². The van der Waals surface area contributed by atoms with Crippen LogP contribution in [0.1, 0.15) is 5.56 Å². The Balaban J connectivity index is 1.58. The molecule has 3 aromatic rings. The molecule has 0 bridgehead atoms. The van der Waals surface area contributed by atoms with E-state index in [2.05, 4.69) is 25.6 Å². The summed E-state index contributed by atoms with van der Waals surface area (Å²) in [5.74, 6) is 0.992. The van der Waals surface area contributed by atoms with Crippen molar-refractivity contribution < 1.29 is 18.6 Å². The number of halogens is 1. The molecule has 4 N–H and O–H groups in total. The van der Waals surface area contributed by atoms with E-state index >= 15 is 0 Å². The number of nitrogens with one attached hydrogen (secondary N) is 2. The number of para-hydroxylation sites is 1. The van der Waals surface area contributed by atoms with Gasteiger partial charge in [-0.05, 0) is 29.8 Å². The number of benzene rings is 2. The van der Waals surface area contributed by atoms with Gasteiger partial charge in [0.25, 0.3) is 0 Å². The number of hydrogen-bond donors (Lipinski definition) is 3. The minimum absolute atomic E-state index is 0.145. The predicted octanol–water partition coefficient (Wildman–Crippen LogP) is 2.82. The lowest BCUT2D eigenvalue weighted by molar-refractivity contribution is 0.0547. The first kappa shape index (κ1) is 23.3. The third kappa shape index (κ3) is 8.42. The van der Waals surface area contributed by atoms with Crippen LogP contribution in [0.5, 0.6) is 11.8 Å². The molecule has 0 spiro atoms. The summed E-state index contributed by atoms with van der Waals surface area (Å²) in [6.45, 7) is 3.34. The predicted molar refractivity (Wildman–Crippen MR) is 119 cm³/mol. The van der Waals surface area contributed by atoms with Crippen LogP contribution in [0.3, 0.4) is 0 Å². The lowest BCUT2D eigenvalue weighted by Crippen LogP contribution is -2.16. The van der Waals surface area contributed by atoms with Crippen LogP contribution in [0.4, 0.5) is 16.3 Å². The van der Waals surface area contributed by atoms with Crippen LogP contribution in [-0.2, 0) is 16.0 Å². The van der Waals surface area contributed by atoms with E-state index in [0.717, 1.165) is 5.56 Å². The number of nitrogens with zero attached hydrogens (tertiary/aromatic N) is 3. The molecule has 0 aliphatic heterocycles. The molecule has 32 heavy (non-hydrogen) atoms. The fraction of sp³-hybridized carbons (Fsp3) is 0.318. The van der Waals surface area contributed by atoms with Gasteiger partial charge in [-0.15, -0.1) is 0 Å². The average molecular weight is 442 g/mol. The first-order chi connectivity index (χ1) is 15.7. The van der Waals surface area contributed by atoms with Crippen molar-refractivity contribution in [3.63, 3.8) is 0 Å². The largest absolute Gasteiger partial charge is 0.424 e. The summed E-state index contributed by atoms with van der Waals surface area (Å²) in [5, 5.41) is 6.22. The van der Waals surface area contributed by atoms with E-state index in [4.69, 9.17) is 19.9 Å². The summed E-state index contributed by atoms with van der Waals surface area (Å²) in [5.41, 5.74) is 6.25. The van der Waals surface area contributed by atoms with Crippen LogP contribution in [0.2, 0.25) is 0 Å². The van der Waals surface area contributed by atoms with Crippen molar-refractivity contribution in [1.29, 1.82) is 0 Å². The van der Waals surface area contributed by atoms with Gasteiger partial charge in [0.05, 0.1) is 26.4 Å². The molecular weight excluding hydrogens is 415 g/mol. The van der Waals surface area contributed by atoms with Crippen LogP contribution < -0.4 is 21.1 Å². The van der Waals surface area contributed by atoms with Gasteiger partial charge in [0.15, 0.2) is 0 Å². The number of hydrogen-bond acceptors (Lipinski definition) is 9. The molecule has 9 nitrogen and oxygen atoms in total. The second-order valence-corrected chi connectivity index (χ2v) is 6.60. The number of rotatable bonds is 14. The number of nitrogens with two attached hydrogens (primary N) is 1. The van der Waals surface area contributed by atoms with Crippen LogP contribution in [0.25, 0.3) is 0 Å². The molecule has 0 unspecified atom stereocenters. The Morgan fingerprint density at radius 1 is 0.781 bits per heavy atom. The lowest BCUT2D eigenvalue weighted by atomic mass is 10.2. The molecule has 0 atom stereocenters. The molecule has 0 aliphatic carbocycles. The number of ether oxygens (including phenoxy) is 3. The molecule has 3 rings (SSSR count). The van der Waals surface area contributed by atoms with Crippen LogP contribution in [-0.4, -0.2) is 54.5 Å². The molecule has 2 aromatic carbocycles. The highest BCUT2D eigenvalue weighted by Gasteiger charge is 2.09. The zero-order valence-corrected chi connectivity index (χ0v) is 17.7. The molecule has 0 saturated carbocycles. The molecule has 0 saturated heterocycles. The highest BCUT2D eigenvalue weighted by Crippen LogP contribution is 2.19. The molecule has 1 aromatic heterocycles. The highest BCUT2D eigenvalue weighted by molar-refractivity contribution is 5.38. The van der Waals surface area contributed by atoms with E-state index in [9.17, 15) is 4.39 Å². The highest BCUT2D eigenvalue weighted by atomic mass is 19.1. The lowest BCUT2D eigenvalue weighted by Gasteiger charge is -2.11. The first-order valence-corrected chi connectivity index (χ1v) is 10.3. The molecule has 0 radical (unpaired) electrons. The van der Waals surface area contributed by atoms with Crippen molar-refractivity contribution in [2.75, 3.05) is 50.2 Å². The summed E-state index contributed by atoms with van der Waals surface area (Å²) in [6.07, 6.45) is 0. The summed E-state index contributed by atoms with van der Waals surface area (Å²) < 4.78 is 29.6. The van der Waals surface area contributed by atoms with Gasteiger partial charge in [0.2, 0.25) is 11.9 Å². The minimum atomic E-state index is -0.285. The summed E-state index contributed by atoms with van der Waals surface area (Å²) in [7, 11) is 0. The second-order valence-electron chi connectivity index (χ2n) is 6.60. The summed E-state index contributed by atoms with van der Waals surface area (Å²) >= 11 is 0. The quantitative estimate of drug-likeness (QED) is 0.324. The van der Waals surface area contributed by atoms with Gasteiger partial charge in [0.1, 0.15) is 11.6 Å². The van der Waals surface area contributed by atoms with E-state index in [0.29, 0.717) is 63.7 Å². The summed E-state index contributed by atoms with van der Waals surface area (Å²) in [6, 6.07) is 15.6. The molecular formula is C22H27FN6O3. The Labute approximate surface area is 186 Å². The van der Waals surface area contributed by atoms with Gasteiger partial charge in [-0.25, -0.2) is 4.39 Å². The Bertz CT molecular complexity index is 931. The zero-order valence-electron chi connectivity index (χ0n) is 17.7. The van der Waals surface area contributed by atoms with E-state index in [1.54, 1.807) is 12.1 Å². The Morgan fingerprint density at radius 3 is 2.19 bits per heavy atom. The van der Waals surface area contributed by atoms with Crippen molar-refractivity contribution in [3.8, 4) is 11.8 Å². The monoisotopic (exact) mass is 442 g/mol. The van der Waals surface area contributed by atoms with Crippen LogP contribution >= 0.6 is 0 Å². The fourth-order valence-corrected chi connectivity index (χ4v) is 2.58. The van der Waals surface area contributed by atoms with Gasteiger partial charge < -0.3 is 30.6 Å². The Morgan fingerprint density at radius 2 is 1.47 bits per heavy atom. The number of aromatic nitrogens is 3. The molecule has 10 heteroatoms. The van der Waals surface area contributed by atoms with Gasteiger partial charge in [-0.3, -0.25) is 0 Å². The fourth-order valence-electron chi connectivity index (χ4n) is 2.58. The van der Waals surface area contributed by atoms with Crippen molar-refractivity contribution in [1.82, 2.24) is 15.0 Å². The Kier molecular flexibility index (Phi) is 9.59. The van der Waals surface area contributed by atoms with Crippen molar-refractivity contribution in [3.05, 3.63) is 66.0 Å². The third-order valence-electron chi connectivity index (χ3n) is 4.09. The van der Waals surface area contributed by atoms with E-state index in [-0.39, 0.29) is 11.8 Å². The maximum Gasteiger partial charge on any atom is 0.328 e. The summed E-state index contributed by atoms with van der Waals surface area (Å²) in [4.78, 5) is 13.0. The Hall–Kier alpha value is -3.34. The molecule has 0 aliphatic rings. The van der Waals surface area contributed by atoms with Gasteiger partial charge in [-0.1, -0.05) is 30.3 Å². The molecule has 170 valence electrons. The third-order valence-corrected chi connectivity index (χ3v) is 4.09. The second kappa shape index (κ2) is 13.2. The van der Waals surface area contributed by atoms with E-state index < -0.39 is 0 Å². The maximum atomic E-state index is 13.1. The molecule has 0 amide bonds. The van der Waals surface area contributed by atoms with Crippen molar-refractivity contribution in [2.24, 2.45) is 5.73 Å². The van der Waals surface area contributed by atoms with Gasteiger partial charge >= 0.3 is 6.01 Å². The van der Waals surface area contributed by atoms with Crippen LogP contribution in [0, 0.1) is 5.82 Å². The standard InChI is InChI=1S/C22H27FN6O3/c23-18-8-6-17(7-9-18)16-26-21-27-20(25-11-13-31-15-14-30-12-10-24)28-22(29-21)32-19-4-2-1-3-5-19/h1-9H,10-16,24H2,(H2,25,26,27,28,29). The van der Waals surface area contributed by atoms with Gasteiger partial charge in [-0.2, -0.15) is 15.0 Å². The van der Waals surface area contributed by atoms with Gasteiger partial charge in [0, 0.05) is 19.6 Å².